The van der Waals surface area contributed by atoms with Crippen LogP contribution < -0.4 is 10.1 Å². The standard InChI is InChI=1S/C38H38N2O5/c41-36(23-20-28-10-3-1-4-11-28)40(27-30-16-17-30)24-9-25-45-32-21-18-29(19-22-32)26-35(38(43)44)39-34-15-8-7-14-33(34)37(42)31-12-5-2-6-13-31/h1-8,10-15,18-23,30,35,39H,9,16-17,24-27H2,(H,43,44). The molecule has 1 amide bonds. The first kappa shape index (κ1) is 31.3. The Bertz CT molecular complexity index is 1600. The topological polar surface area (TPSA) is 95.9 Å². The zero-order chi connectivity index (χ0) is 31.4. The molecule has 7 nitrogen and oxygen atoms in total. The Morgan fingerprint density at radius 3 is 2.22 bits per heavy atom. The molecule has 1 atom stereocenters. The summed E-state index contributed by atoms with van der Waals surface area (Å²) in [6.07, 6.45) is 6.77. The predicted octanol–water partition coefficient (Wildman–Crippen LogP) is 6.75. The van der Waals surface area contributed by atoms with Gasteiger partial charge in [-0.05, 0) is 66.6 Å². The molecule has 4 aromatic rings. The van der Waals surface area contributed by atoms with Gasteiger partial charge in [-0.1, -0.05) is 84.9 Å². The molecule has 7 heteroatoms. The van der Waals surface area contributed by atoms with Gasteiger partial charge in [0.25, 0.3) is 0 Å². The lowest BCUT2D eigenvalue weighted by Gasteiger charge is -2.21. The number of carboxylic acid groups (broad SMARTS) is 1. The summed E-state index contributed by atoms with van der Waals surface area (Å²) in [5, 5.41) is 13.0. The molecule has 0 heterocycles. The number of carboxylic acids is 1. The first-order valence-electron chi connectivity index (χ1n) is 15.4. The van der Waals surface area contributed by atoms with Gasteiger partial charge in [0.1, 0.15) is 11.8 Å². The number of anilines is 1. The van der Waals surface area contributed by atoms with Crippen molar-refractivity contribution < 1.29 is 24.2 Å². The number of ketones is 1. The van der Waals surface area contributed by atoms with Crippen LogP contribution in [0.5, 0.6) is 5.75 Å². The summed E-state index contributed by atoms with van der Waals surface area (Å²) < 4.78 is 5.95. The second kappa shape index (κ2) is 15.5. The van der Waals surface area contributed by atoms with Gasteiger partial charge in [-0.15, -0.1) is 0 Å². The minimum atomic E-state index is -1.01. The molecule has 5 rings (SSSR count). The highest BCUT2D eigenvalue weighted by Gasteiger charge is 2.26. The Balaban J connectivity index is 1.13. The van der Waals surface area contributed by atoms with Crippen molar-refractivity contribution in [2.45, 2.75) is 31.7 Å². The van der Waals surface area contributed by atoms with E-state index >= 15 is 0 Å². The van der Waals surface area contributed by atoms with Crippen molar-refractivity contribution in [3.63, 3.8) is 0 Å². The maximum atomic E-state index is 13.1. The lowest BCUT2D eigenvalue weighted by atomic mass is 10.00. The molecular formula is C38H38N2O5. The van der Waals surface area contributed by atoms with Crippen molar-refractivity contribution in [2.75, 3.05) is 25.0 Å². The van der Waals surface area contributed by atoms with Crippen molar-refractivity contribution >= 4 is 29.4 Å². The van der Waals surface area contributed by atoms with E-state index in [4.69, 9.17) is 4.74 Å². The van der Waals surface area contributed by atoms with Gasteiger partial charge < -0.3 is 20.1 Å². The lowest BCUT2D eigenvalue weighted by molar-refractivity contribution is -0.137. The molecule has 2 N–H and O–H groups in total. The fourth-order valence-corrected chi connectivity index (χ4v) is 5.08. The summed E-state index contributed by atoms with van der Waals surface area (Å²) in [6.45, 7) is 1.85. The van der Waals surface area contributed by atoms with Crippen LogP contribution in [-0.2, 0) is 16.0 Å². The quantitative estimate of drug-likeness (QED) is 0.0837. The van der Waals surface area contributed by atoms with Crippen LogP contribution in [0.15, 0.2) is 115 Å². The van der Waals surface area contributed by atoms with Crippen LogP contribution in [0.1, 0.15) is 46.3 Å². The molecular weight excluding hydrogens is 564 g/mol. The number of carbonyl (C=O) groups is 3. The van der Waals surface area contributed by atoms with E-state index in [1.807, 2.05) is 71.6 Å². The number of amides is 1. The minimum Gasteiger partial charge on any atom is -0.494 e. The summed E-state index contributed by atoms with van der Waals surface area (Å²) in [6, 6.07) is 32.1. The Morgan fingerprint density at radius 1 is 0.867 bits per heavy atom. The zero-order valence-electron chi connectivity index (χ0n) is 25.2. The molecule has 0 aliphatic heterocycles. The van der Waals surface area contributed by atoms with Gasteiger partial charge in [-0.25, -0.2) is 4.79 Å². The molecule has 230 valence electrons. The fraction of sp³-hybridized carbons (Fsp3) is 0.237. The van der Waals surface area contributed by atoms with Crippen molar-refractivity contribution in [1.82, 2.24) is 4.90 Å². The Labute approximate surface area is 264 Å². The molecule has 45 heavy (non-hydrogen) atoms. The number of aliphatic carboxylic acids is 1. The van der Waals surface area contributed by atoms with Gasteiger partial charge in [0.2, 0.25) is 5.91 Å². The molecule has 1 aliphatic carbocycles. The maximum Gasteiger partial charge on any atom is 0.326 e. The number of para-hydroxylation sites is 1. The Kier molecular flexibility index (Phi) is 10.8. The van der Waals surface area contributed by atoms with E-state index in [-0.39, 0.29) is 18.1 Å². The van der Waals surface area contributed by atoms with Gasteiger partial charge >= 0.3 is 5.97 Å². The van der Waals surface area contributed by atoms with Gasteiger partial charge in [-0.2, -0.15) is 0 Å². The van der Waals surface area contributed by atoms with Crippen LogP contribution in [-0.4, -0.2) is 53.4 Å². The van der Waals surface area contributed by atoms with Crippen LogP contribution in [0.4, 0.5) is 5.69 Å². The molecule has 0 saturated heterocycles. The fourth-order valence-electron chi connectivity index (χ4n) is 5.08. The maximum absolute atomic E-state index is 13.1. The SMILES string of the molecule is O=C(c1ccccc1)c1ccccc1NC(Cc1ccc(OCCCN(CC2CC2)C(=O)C=Cc2ccccc2)cc1)C(=O)O. The van der Waals surface area contributed by atoms with Crippen LogP contribution in [0, 0.1) is 5.92 Å². The predicted molar refractivity (Wildman–Crippen MR) is 176 cm³/mol. The zero-order valence-corrected chi connectivity index (χ0v) is 25.2. The highest BCUT2D eigenvalue weighted by atomic mass is 16.5. The molecule has 1 unspecified atom stereocenters. The number of nitrogens with zero attached hydrogens (tertiary/aromatic N) is 1. The third kappa shape index (κ3) is 9.41. The molecule has 1 fully saturated rings. The van der Waals surface area contributed by atoms with E-state index in [9.17, 15) is 19.5 Å². The number of hydrogen-bond acceptors (Lipinski definition) is 5. The van der Waals surface area contributed by atoms with Crippen molar-refractivity contribution in [3.8, 4) is 5.75 Å². The average molecular weight is 603 g/mol. The molecule has 1 aliphatic rings. The largest absolute Gasteiger partial charge is 0.494 e. The van der Waals surface area contributed by atoms with Gasteiger partial charge in [0.15, 0.2) is 5.78 Å². The number of benzene rings is 4. The van der Waals surface area contributed by atoms with E-state index in [1.54, 1.807) is 54.6 Å². The van der Waals surface area contributed by atoms with Gasteiger partial charge in [0, 0.05) is 42.4 Å². The van der Waals surface area contributed by atoms with Crippen molar-refractivity contribution in [2.24, 2.45) is 5.92 Å². The molecule has 4 aromatic carbocycles. The number of carbonyl (C=O) groups excluding carboxylic acids is 2. The molecule has 0 aromatic heterocycles. The van der Waals surface area contributed by atoms with Crippen LogP contribution in [0.3, 0.4) is 0 Å². The Hall–Kier alpha value is -5.17. The van der Waals surface area contributed by atoms with Crippen LogP contribution in [0.25, 0.3) is 6.08 Å². The van der Waals surface area contributed by atoms with E-state index in [2.05, 4.69) is 5.32 Å². The monoisotopic (exact) mass is 602 g/mol. The first-order valence-corrected chi connectivity index (χ1v) is 15.4. The summed E-state index contributed by atoms with van der Waals surface area (Å²) in [5.74, 6) is 0.105. The molecule has 0 spiro atoms. The normalized spacial score (nSPS) is 13.2. The summed E-state index contributed by atoms with van der Waals surface area (Å²) in [4.78, 5) is 40.1. The van der Waals surface area contributed by atoms with Crippen LogP contribution in [0.2, 0.25) is 0 Å². The summed E-state index contributed by atoms with van der Waals surface area (Å²) >= 11 is 0. The van der Waals surface area contributed by atoms with E-state index in [1.165, 1.54) is 12.8 Å². The van der Waals surface area contributed by atoms with E-state index in [0.717, 1.165) is 17.7 Å². The average Bonchev–Trinajstić information content (AvgIpc) is 3.90. The molecule has 0 radical (unpaired) electrons. The molecule has 1 saturated carbocycles. The number of nitrogens with one attached hydrogen (secondary N) is 1. The minimum absolute atomic E-state index is 0.0174. The van der Waals surface area contributed by atoms with Gasteiger partial charge in [0.05, 0.1) is 6.61 Å². The van der Waals surface area contributed by atoms with E-state index in [0.29, 0.717) is 48.1 Å². The van der Waals surface area contributed by atoms with Crippen molar-refractivity contribution in [3.05, 3.63) is 138 Å². The van der Waals surface area contributed by atoms with Crippen LogP contribution >= 0.6 is 0 Å². The first-order chi connectivity index (χ1) is 22.0. The van der Waals surface area contributed by atoms with Gasteiger partial charge in [-0.3, -0.25) is 9.59 Å². The van der Waals surface area contributed by atoms with E-state index < -0.39 is 12.0 Å². The third-order valence-corrected chi connectivity index (χ3v) is 7.74. The molecule has 0 bridgehead atoms. The summed E-state index contributed by atoms with van der Waals surface area (Å²) in [5.41, 5.74) is 3.25. The number of hydrogen-bond donors (Lipinski definition) is 2. The highest BCUT2D eigenvalue weighted by Crippen LogP contribution is 2.30. The number of ether oxygens (including phenoxy) is 1. The summed E-state index contributed by atoms with van der Waals surface area (Å²) in [7, 11) is 0. The third-order valence-electron chi connectivity index (χ3n) is 7.74. The Morgan fingerprint density at radius 2 is 1.53 bits per heavy atom. The smallest absolute Gasteiger partial charge is 0.326 e. The lowest BCUT2D eigenvalue weighted by Crippen LogP contribution is -2.33. The van der Waals surface area contributed by atoms with Crippen molar-refractivity contribution in [1.29, 1.82) is 0 Å². The highest BCUT2D eigenvalue weighted by molar-refractivity contribution is 6.12. The second-order valence-corrected chi connectivity index (χ2v) is 11.3. The number of rotatable bonds is 16. The second-order valence-electron chi connectivity index (χ2n) is 11.3.